The van der Waals surface area contributed by atoms with Crippen molar-refractivity contribution in [2.45, 2.75) is 0 Å². The van der Waals surface area contributed by atoms with Crippen LogP contribution in [0.5, 0.6) is 5.75 Å². The third kappa shape index (κ3) is 2.70. The number of amides is 1. The van der Waals surface area contributed by atoms with Gasteiger partial charge in [-0.15, -0.1) is 4.99 Å². The third-order valence-corrected chi connectivity index (χ3v) is 1.53. The maximum absolute atomic E-state index is 11.0. The first-order valence-electron chi connectivity index (χ1n) is 3.94. The highest BCUT2D eigenvalue weighted by Crippen LogP contribution is 2.16. The number of nitriles is 1. The Morgan fingerprint density at radius 1 is 1.40 bits per heavy atom. The van der Waals surface area contributed by atoms with Crippen LogP contribution in [0, 0.1) is 11.5 Å². The Hall–Kier alpha value is -2.55. The molecule has 1 rings (SSSR count). The van der Waals surface area contributed by atoms with Crippen molar-refractivity contribution in [3.05, 3.63) is 29.8 Å². The van der Waals surface area contributed by atoms with Crippen molar-refractivity contribution in [2.75, 3.05) is 0 Å². The normalized spacial score (nSPS) is 10.5. The molecule has 0 aliphatic carbocycles. The standard InChI is InChI=1S/C9H8N4O2/c10-5-13-9(12)15-7-4-2-1-3-6(7)8(11)14/h1-4H,(H2,11,14)(H2,12,13). The molecule has 15 heavy (non-hydrogen) atoms. The summed E-state index contributed by atoms with van der Waals surface area (Å²) in [5.74, 6) is -0.475. The summed E-state index contributed by atoms with van der Waals surface area (Å²) in [5, 5.41) is 8.20. The van der Waals surface area contributed by atoms with E-state index in [0.29, 0.717) is 0 Å². The fraction of sp³-hybridized carbons (Fsp3) is 0. The Morgan fingerprint density at radius 3 is 2.67 bits per heavy atom. The van der Waals surface area contributed by atoms with Crippen molar-refractivity contribution < 1.29 is 9.53 Å². The van der Waals surface area contributed by atoms with Gasteiger partial charge in [-0.3, -0.25) is 4.79 Å². The van der Waals surface area contributed by atoms with E-state index in [2.05, 4.69) is 4.99 Å². The summed E-state index contributed by atoms with van der Waals surface area (Å²) in [4.78, 5) is 14.1. The monoisotopic (exact) mass is 204 g/mol. The fourth-order valence-corrected chi connectivity index (χ4v) is 0.944. The van der Waals surface area contributed by atoms with E-state index in [4.69, 9.17) is 21.5 Å². The van der Waals surface area contributed by atoms with Gasteiger partial charge in [0.05, 0.1) is 5.56 Å². The molecule has 0 aromatic heterocycles. The molecule has 6 heteroatoms. The van der Waals surface area contributed by atoms with Gasteiger partial charge in [-0.2, -0.15) is 5.26 Å². The van der Waals surface area contributed by atoms with E-state index >= 15 is 0 Å². The van der Waals surface area contributed by atoms with Gasteiger partial charge in [0.2, 0.25) is 6.19 Å². The van der Waals surface area contributed by atoms with Crippen LogP contribution in [-0.4, -0.2) is 11.9 Å². The number of nitrogens with two attached hydrogens (primary N) is 2. The minimum atomic E-state index is -0.643. The highest BCUT2D eigenvalue weighted by atomic mass is 16.5. The van der Waals surface area contributed by atoms with Gasteiger partial charge < -0.3 is 16.2 Å². The highest BCUT2D eigenvalue weighted by Gasteiger charge is 2.09. The van der Waals surface area contributed by atoms with Gasteiger partial charge in [-0.25, -0.2) is 0 Å². The predicted octanol–water partition coefficient (Wildman–Crippen LogP) is -0.0399. The molecule has 76 valence electrons. The van der Waals surface area contributed by atoms with Gasteiger partial charge in [-0.1, -0.05) is 12.1 Å². The highest BCUT2D eigenvalue weighted by molar-refractivity contribution is 5.96. The molecule has 1 amide bonds. The molecular weight excluding hydrogens is 196 g/mol. The van der Waals surface area contributed by atoms with Crippen molar-refractivity contribution >= 4 is 11.9 Å². The summed E-state index contributed by atoms with van der Waals surface area (Å²) in [7, 11) is 0. The Morgan fingerprint density at radius 2 is 2.07 bits per heavy atom. The second kappa shape index (κ2) is 4.62. The van der Waals surface area contributed by atoms with Crippen LogP contribution in [0.25, 0.3) is 0 Å². The summed E-state index contributed by atoms with van der Waals surface area (Å²) in [5.41, 5.74) is 10.5. The lowest BCUT2D eigenvalue weighted by atomic mass is 10.2. The lowest BCUT2D eigenvalue weighted by Crippen LogP contribution is -2.21. The van der Waals surface area contributed by atoms with E-state index in [-0.39, 0.29) is 17.3 Å². The van der Waals surface area contributed by atoms with Crippen molar-refractivity contribution in [2.24, 2.45) is 16.5 Å². The number of hydrogen-bond acceptors (Lipinski definition) is 4. The topological polar surface area (TPSA) is 114 Å². The first kappa shape index (κ1) is 10.5. The molecule has 0 radical (unpaired) electrons. The smallest absolute Gasteiger partial charge is 0.303 e. The van der Waals surface area contributed by atoms with Crippen molar-refractivity contribution in [3.63, 3.8) is 0 Å². The summed E-state index contributed by atoms with van der Waals surface area (Å²) >= 11 is 0. The zero-order valence-electron chi connectivity index (χ0n) is 7.68. The molecule has 0 bridgehead atoms. The predicted molar refractivity (Wildman–Crippen MR) is 52.8 cm³/mol. The number of amidine groups is 1. The molecule has 0 saturated heterocycles. The van der Waals surface area contributed by atoms with Gasteiger partial charge in [-0.05, 0) is 12.1 Å². The maximum Gasteiger partial charge on any atom is 0.303 e. The summed E-state index contributed by atoms with van der Waals surface area (Å²) in [6.07, 6.45) is 1.46. The second-order valence-electron chi connectivity index (χ2n) is 2.51. The second-order valence-corrected chi connectivity index (χ2v) is 2.51. The van der Waals surface area contributed by atoms with E-state index in [1.54, 1.807) is 12.1 Å². The van der Waals surface area contributed by atoms with Gasteiger partial charge >= 0.3 is 6.02 Å². The molecule has 0 atom stereocenters. The number of ether oxygens (including phenoxy) is 1. The number of carbonyl (C=O) groups is 1. The van der Waals surface area contributed by atoms with E-state index in [1.807, 2.05) is 0 Å². The van der Waals surface area contributed by atoms with Gasteiger partial charge in [0.15, 0.2) is 0 Å². The molecule has 0 heterocycles. The number of nitrogens with zero attached hydrogens (tertiary/aromatic N) is 2. The fourth-order valence-electron chi connectivity index (χ4n) is 0.944. The Labute approximate surface area is 85.8 Å². The van der Waals surface area contributed by atoms with E-state index in [0.717, 1.165) is 0 Å². The van der Waals surface area contributed by atoms with Gasteiger partial charge in [0, 0.05) is 0 Å². The van der Waals surface area contributed by atoms with Crippen LogP contribution in [0.4, 0.5) is 0 Å². The average molecular weight is 204 g/mol. The Balaban J connectivity index is 3.00. The molecule has 0 aliphatic rings. The number of primary amides is 1. The van der Waals surface area contributed by atoms with Crippen molar-refractivity contribution in [1.29, 1.82) is 5.26 Å². The lowest BCUT2D eigenvalue weighted by molar-refractivity contribution is 0.0998. The number of benzene rings is 1. The van der Waals surface area contributed by atoms with Crippen LogP contribution in [0.3, 0.4) is 0 Å². The first-order valence-corrected chi connectivity index (χ1v) is 3.94. The first-order chi connectivity index (χ1) is 7.15. The summed E-state index contributed by atoms with van der Waals surface area (Å²) < 4.78 is 4.95. The molecule has 4 N–H and O–H groups in total. The SMILES string of the molecule is N#CN=C(N)Oc1ccccc1C(N)=O. The van der Waals surface area contributed by atoms with E-state index < -0.39 is 5.91 Å². The van der Waals surface area contributed by atoms with Crippen LogP contribution in [0.2, 0.25) is 0 Å². The van der Waals surface area contributed by atoms with E-state index in [9.17, 15) is 4.79 Å². The summed E-state index contributed by atoms with van der Waals surface area (Å²) in [6, 6.07) is 5.91. The molecule has 0 unspecified atom stereocenters. The molecule has 0 spiro atoms. The zero-order chi connectivity index (χ0) is 11.3. The van der Waals surface area contributed by atoms with Crippen LogP contribution in [0.1, 0.15) is 10.4 Å². The minimum Gasteiger partial charge on any atom is -0.425 e. The molecule has 6 nitrogen and oxygen atoms in total. The van der Waals surface area contributed by atoms with Crippen molar-refractivity contribution in [3.8, 4) is 11.9 Å². The molecule has 1 aromatic rings. The van der Waals surface area contributed by atoms with Gasteiger partial charge in [0.1, 0.15) is 5.75 Å². The molecule has 1 aromatic carbocycles. The largest absolute Gasteiger partial charge is 0.425 e. The molecular formula is C9H8N4O2. The number of hydrogen-bond donors (Lipinski definition) is 2. The Bertz CT molecular complexity index is 448. The van der Waals surface area contributed by atoms with Gasteiger partial charge in [0.25, 0.3) is 5.91 Å². The quantitative estimate of drug-likeness (QED) is 0.399. The molecule has 0 fully saturated rings. The number of para-hydroxylation sites is 1. The maximum atomic E-state index is 11.0. The van der Waals surface area contributed by atoms with E-state index in [1.165, 1.54) is 18.3 Å². The minimum absolute atomic E-state index is 0.168. The lowest BCUT2D eigenvalue weighted by Gasteiger charge is -2.06. The number of rotatable bonds is 2. The zero-order valence-corrected chi connectivity index (χ0v) is 7.68. The van der Waals surface area contributed by atoms with Crippen LogP contribution >= 0.6 is 0 Å². The van der Waals surface area contributed by atoms with Crippen molar-refractivity contribution in [1.82, 2.24) is 0 Å². The Kier molecular flexibility index (Phi) is 3.24. The van der Waals surface area contributed by atoms with Crippen LogP contribution in [-0.2, 0) is 0 Å². The average Bonchev–Trinajstić information content (AvgIpc) is 2.18. The number of aliphatic imine (C=N–C) groups is 1. The number of carbonyl (C=O) groups excluding carboxylic acids is 1. The van der Waals surface area contributed by atoms with Crippen LogP contribution < -0.4 is 16.2 Å². The van der Waals surface area contributed by atoms with Crippen LogP contribution in [0.15, 0.2) is 29.3 Å². The third-order valence-electron chi connectivity index (χ3n) is 1.53. The molecule has 0 saturated carbocycles. The summed E-state index contributed by atoms with van der Waals surface area (Å²) in [6.45, 7) is 0. The molecule has 0 aliphatic heterocycles.